The van der Waals surface area contributed by atoms with Crippen LogP contribution < -0.4 is 5.32 Å². The predicted octanol–water partition coefficient (Wildman–Crippen LogP) is 1.71. The van der Waals surface area contributed by atoms with E-state index in [1.807, 2.05) is 0 Å². The van der Waals surface area contributed by atoms with Crippen LogP contribution in [0, 0.1) is 11.8 Å². The molecule has 2 atom stereocenters. The van der Waals surface area contributed by atoms with Crippen LogP contribution in [0.15, 0.2) is 5.38 Å². The third-order valence-electron chi connectivity index (χ3n) is 2.99. The number of carbonyl (C=O) groups excluding carboxylic acids is 2. The molecule has 0 bridgehead atoms. The number of ether oxygens (including phenoxy) is 1. The molecule has 2 unspecified atom stereocenters. The van der Waals surface area contributed by atoms with Crippen molar-refractivity contribution in [2.24, 2.45) is 11.8 Å². The van der Waals surface area contributed by atoms with Crippen LogP contribution in [-0.2, 0) is 4.74 Å². The quantitative estimate of drug-likeness (QED) is 0.825. The van der Waals surface area contributed by atoms with E-state index in [1.165, 1.54) is 6.42 Å². The van der Waals surface area contributed by atoms with Gasteiger partial charge >= 0.3 is 5.97 Å². The molecule has 0 radical (unpaired) electrons. The lowest BCUT2D eigenvalue weighted by Gasteiger charge is -2.01. The number of esters is 1. The lowest BCUT2D eigenvalue weighted by molar-refractivity contribution is 0.0526. The van der Waals surface area contributed by atoms with E-state index in [2.05, 4.69) is 17.2 Å². The van der Waals surface area contributed by atoms with E-state index in [9.17, 15) is 9.59 Å². The van der Waals surface area contributed by atoms with Crippen LogP contribution in [0.4, 0.5) is 0 Å². The number of hydrogen-bond acceptors (Lipinski definition) is 5. The molecule has 5 nitrogen and oxygen atoms in total. The van der Waals surface area contributed by atoms with Gasteiger partial charge in [-0.2, -0.15) is 0 Å². The molecular weight excluding hydrogens is 252 g/mol. The van der Waals surface area contributed by atoms with Gasteiger partial charge < -0.3 is 10.1 Å². The molecule has 98 valence electrons. The molecule has 0 aliphatic heterocycles. The fraction of sp³-hybridized carbons (Fsp3) is 0.583. The number of amides is 1. The van der Waals surface area contributed by atoms with Gasteiger partial charge in [-0.3, -0.25) is 4.79 Å². The van der Waals surface area contributed by atoms with Crippen molar-refractivity contribution in [1.29, 1.82) is 0 Å². The molecule has 1 aliphatic rings. The van der Waals surface area contributed by atoms with Crippen LogP contribution in [0.1, 0.15) is 40.6 Å². The largest absolute Gasteiger partial charge is 0.461 e. The van der Waals surface area contributed by atoms with E-state index in [4.69, 9.17) is 4.74 Å². The van der Waals surface area contributed by atoms with Crippen molar-refractivity contribution in [3.63, 3.8) is 0 Å². The summed E-state index contributed by atoms with van der Waals surface area (Å²) in [7, 11) is 0. The van der Waals surface area contributed by atoms with Crippen molar-refractivity contribution < 1.29 is 14.3 Å². The topological polar surface area (TPSA) is 68.3 Å². The second-order valence-electron chi connectivity index (χ2n) is 4.44. The predicted molar refractivity (Wildman–Crippen MR) is 67.7 cm³/mol. The summed E-state index contributed by atoms with van der Waals surface area (Å²) in [5.41, 5.74) is 0.288. The van der Waals surface area contributed by atoms with Gasteiger partial charge in [-0.1, -0.05) is 6.92 Å². The van der Waals surface area contributed by atoms with Crippen molar-refractivity contribution in [1.82, 2.24) is 10.3 Å². The fourth-order valence-electron chi connectivity index (χ4n) is 1.66. The molecular formula is C12H16N2O3S. The summed E-state index contributed by atoms with van der Waals surface area (Å²) in [5, 5.41) is 4.63. The number of hydrogen-bond donors (Lipinski definition) is 1. The SMILES string of the molecule is CCOC(=O)c1nc(C(=O)NCC2CC2C)cs1. The Kier molecular flexibility index (Phi) is 3.96. The maximum absolute atomic E-state index is 11.8. The van der Waals surface area contributed by atoms with Crippen molar-refractivity contribution in [2.45, 2.75) is 20.3 Å². The van der Waals surface area contributed by atoms with Crippen molar-refractivity contribution >= 4 is 23.2 Å². The molecule has 0 spiro atoms. The third-order valence-corrected chi connectivity index (χ3v) is 3.81. The molecule has 1 aromatic rings. The lowest BCUT2D eigenvalue weighted by Crippen LogP contribution is -2.26. The average Bonchev–Trinajstić information content (AvgIpc) is 2.86. The second-order valence-corrected chi connectivity index (χ2v) is 5.30. The molecule has 1 N–H and O–H groups in total. The summed E-state index contributed by atoms with van der Waals surface area (Å²) in [4.78, 5) is 27.1. The van der Waals surface area contributed by atoms with E-state index in [0.29, 0.717) is 25.0 Å². The smallest absolute Gasteiger partial charge is 0.367 e. The molecule has 18 heavy (non-hydrogen) atoms. The molecule has 6 heteroatoms. The zero-order valence-corrected chi connectivity index (χ0v) is 11.3. The highest BCUT2D eigenvalue weighted by Crippen LogP contribution is 2.36. The normalized spacial score (nSPS) is 21.4. The highest BCUT2D eigenvalue weighted by Gasteiger charge is 2.32. The molecule has 0 saturated heterocycles. The maximum Gasteiger partial charge on any atom is 0.367 e. The molecule has 1 fully saturated rings. The Morgan fingerprint density at radius 1 is 1.61 bits per heavy atom. The Bertz CT molecular complexity index is 458. The fourth-order valence-corrected chi connectivity index (χ4v) is 2.35. The highest BCUT2D eigenvalue weighted by atomic mass is 32.1. The first kappa shape index (κ1) is 13.0. The first-order chi connectivity index (χ1) is 8.61. The Morgan fingerprint density at radius 3 is 2.94 bits per heavy atom. The zero-order chi connectivity index (χ0) is 13.1. The lowest BCUT2D eigenvalue weighted by atomic mass is 10.3. The first-order valence-electron chi connectivity index (χ1n) is 6.02. The van der Waals surface area contributed by atoms with Gasteiger partial charge in [0, 0.05) is 11.9 Å². The number of nitrogens with zero attached hydrogens (tertiary/aromatic N) is 1. The van der Waals surface area contributed by atoms with Gasteiger partial charge in [0.1, 0.15) is 5.69 Å². The number of rotatable bonds is 5. The molecule has 0 aromatic carbocycles. The van der Waals surface area contributed by atoms with Crippen molar-refractivity contribution in [2.75, 3.05) is 13.2 Å². The van der Waals surface area contributed by atoms with Crippen LogP contribution in [0.3, 0.4) is 0 Å². The summed E-state index contributed by atoms with van der Waals surface area (Å²) in [5.74, 6) is 0.603. The molecule has 1 saturated carbocycles. The summed E-state index contributed by atoms with van der Waals surface area (Å²) in [6, 6.07) is 0. The molecule has 1 amide bonds. The standard InChI is InChI=1S/C12H16N2O3S/c1-3-17-12(16)11-14-9(6-18-11)10(15)13-5-8-4-7(8)2/h6-8H,3-5H2,1-2H3,(H,13,15). The van der Waals surface area contributed by atoms with Crippen molar-refractivity contribution in [3.05, 3.63) is 16.1 Å². The van der Waals surface area contributed by atoms with E-state index in [-0.39, 0.29) is 16.6 Å². The molecule has 2 rings (SSSR count). The van der Waals surface area contributed by atoms with Crippen LogP contribution in [0.5, 0.6) is 0 Å². The Hall–Kier alpha value is -1.43. The minimum atomic E-state index is -0.475. The van der Waals surface area contributed by atoms with Crippen LogP contribution in [0.2, 0.25) is 0 Å². The van der Waals surface area contributed by atoms with Gasteiger partial charge in [0.05, 0.1) is 6.61 Å². The summed E-state index contributed by atoms with van der Waals surface area (Å²) < 4.78 is 4.82. The van der Waals surface area contributed by atoms with Gasteiger partial charge in [-0.05, 0) is 25.2 Å². The van der Waals surface area contributed by atoms with E-state index in [0.717, 1.165) is 11.3 Å². The summed E-state index contributed by atoms with van der Waals surface area (Å²) in [6.45, 7) is 4.89. The number of carbonyl (C=O) groups is 2. The second kappa shape index (κ2) is 5.48. The van der Waals surface area contributed by atoms with Gasteiger partial charge in [0.15, 0.2) is 0 Å². The number of aromatic nitrogens is 1. The van der Waals surface area contributed by atoms with Crippen LogP contribution in [-0.4, -0.2) is 30.0 Å². The van der Waals surface area contributed by atoms with Crippen LogP contribution >= 0.6 is 11.3 Å². The zero-order valence-electron chi connectivity index (χ0n) is 10.4. The molecule has 1 aliphatic carbocycles. The van der Waals surface area contributed by atoms with E-state index < -0.39 is 5.97 Å². The van der Waals surface area contributed by atoms with Crippen molar-refractivity contribution in [3.8, 4) is 0 Å². The van der Waals surface area contributed by atoms with E-state index >= 15 is 0 Å². The third kappa shape index (κ3) is 3.07. The monoisotopic (exact) mass is 268 g/mol. The minimum absolute atomic E-state index is 0.221. The van der Waals surface area contributed by atoms with Gasteiger partial charge in [-0.25, -0.2) is 9.78 Å². The van der Waals surface area contributed by atoms with E-state index in [1.54, 1.807) is 12.3 Å². The maximum atomic E-state index is 11.8. The highest BCUT2D eigenvalue weighted by molar-refractivity contribution is 7.11. The van der Waals surface area contributed by atoms with Gasteiger partial charge in [-0.15, -0.1) is 11.3 Å². The summed E-state index contributed by atoms with van der Waals surface area (Å²) >= 11 is 1.13. The minimum Gasteiger partial charge on any atom is -0.461 e. The molecule has 1 heterocycles. The van der Waals surface area contributed by atoms with Crippen LogP contribution in [0.25, 0.3) is 0 Å². The first-order valence-corrected chi connectivity index (χ1v) is 6.90. The summed E-state index contributed by atoms with van der Waals surface area (Å²) in [6.07, 6.45) is 1.17. The molecule has 1 aromatic heterocycles. The Balaban J connectivity index is 1.88. The number of nitrogens with one attached hydrogen (secondary N) is 1. The average molecular weight is 268 g/mol. The number of thiazole rings is 1. The Labute approximate surface area is 110 Å². The van der Waals surface area contributed by atoms with Gasteiger partial charge in [0.25, 0.3) is 5.91 Å². The van der Waals surface area contributed by atoms with Gasteiger partial charge in [0.2, 0.25) is 5.01 Å². The Morgan fingerprint density at radius 2 is 2.33 bits per heavy atom.